The fourth-order valence-electron chi connectivity index (χ4n) is 2.08. The average molecular weight is 364 g/mol. The summed E-state index contributed by atoms with van der Waals surface area (Å²) in [7, 11) is -3.67. The summed E-state index contributed by atoms with van der Waals surface area (Å²) in [6.07, 6.45) is 0.624. The summed E-state index contributed by atoms with van der Waals surface area (Å²) in [6, 6.07) is 16.1. The Bertz CT molecular complexity index is 775. The van der Waals surface area contributed by atoms with E-state index in [0.717, 1.165) is 10.5 Å². The van der Waals surface area contributed by atoms with Crippen molar-refractivity contribution in [3.05, 3.63) is 60.2 Å². The highest BCUT2D eigenvalue weighted by Crippen LogP contribution is 2.22. The van der Waals surface area contributed by atoms with Crippen LogP contribution in [0.25, 0.3) is 0 Å². The molecule has 0 radical (unpaired) electrons. The van der Waals surface area contributed by atoms with E-state index >= 15 is 0 Å². The van der Waals surface area contributed by atoms with Crippen LogP contribution in [0.15, 0.2) is 64.4 Å². The van der Waals surface area contributed by atoms with Gasteiger partial charge in [-0.15, -0.1) is 11.8 Å². The Balaban J connectivity index is 1.80. The van der Waals surface area contributed by atoms with Crippen molar-refractivity contribution in [1.29, 1.82) is 0 Å². The number of primary sulfonamides is 1. The number of rotatable bonds is 7. The molecule has 128 valence electrons. The normalized spacial score (nSPS) is 12.6. The summed E-state index contributed by atoms with van der Waals surface area (Å²) in [5, 5.41) is 7.77. The predicted octanol–water partition coefficient (Wildman–Crippen LogP) is 2.17. The van der Waals surface area contributed by atoms with Crippen LogP contribution in [0.3, 0.4) is 0 Å². The number of carbonyl (C=O) groups excluding carboxylic acids is 1. The number of benzene rings is 2. The fraction of sp³-hybridized carbons (Fsp3) is 0.235. The van der Waals surface area contributed by atoms with Crippen LogP contribution < -0.4 is 10.5 Å². The second-order valence-electron chi connectivity index (χ2n) is 5.30. The molecule has 0 fully saturated rings. The number of nitrogens with one attached hydrogen (secondary N) is 1. The van der Waals surface area contributed by atoms with Gasteiger partial charge >= 0.3 is 0 Å². The van der Waals surface area contributed by atoms with Crippen molar-refractivity contribution >= 4 is 27.7 Å². The van der Waals surface area contributed by atoms with Crippen LogP contribution in [0.2, 0.25) is 0 Å². The molecule has 2 rings (SSSR count). The van der Waals surface area contributed by atoms with Crippen molar-refractivity contribution in [1.82, 2.24) is 5.32 Å². The lowest BCUT2D eigenvalue weighted by Gasteiger charge is -2.12. The summed E-state index contributed by atoms with van der Waals surface area (Å²) in [5.74, 6) is -0.0231. The molecular formula is C17H20N2O3S2. The maximum Gasteiger partial charge on any atom is 0.238 e. The van der Waals surface area contributed by atoms with Gasteiger partial charge < -0.3 is 5.32 Å². The second kappa shape index (κ2) is 8.32. The zero-order valence-corrected chi connectivity index (χ0v) is 14.9. The minimum absolute atomic E-state index is 0.0231. The first-order valence-corrected chi connectivity index (χ1v) is 9.90. The van der Waals surface area contributed by atoms with Gasteiger partial charge in [-0.2, -0.15) is 0 Å². The van der Waals surface area contributed by atoms with Crippen molar-refractivity contribution in [2.45, 2.75) is 28.4 Å². The summed E-state index contributed by atoms with van der Waals surface area (Å²) in [4.78, 5) is 13.2. The molecule has 7 heteroatoms. The van der Waals surface area contributed by atoms with Gasteiger partial charge in [-0.05, 0) is 43.2 Å². The molecule has 0 heterocycles. The molecular weight excluding hydrogens is 344 g/mol. The maximum absolute atomic E-state index is 12.1. The zero-order valence-electron chi connectivity index (χ0n) is 13.3. The van der Waals surface area contributed by atoms with E-state index in [0.29, 0.717) is 13.0 Å². The molecule has 0 spiro atoms. The van der Waals surface area contributed by atoms with Crippen LogP contribution in [0.5, 0.6) is 0 Å². The highest BCUT2D eigenvalue weighted by atomic mass is 32.2. The van der Waals surface area contributed by atoms with Gasteiger partial charge in [0.25, 0.3) is 0 Å². The molecule has 0 saturated heterocycles. The zero-order chi connectivity index (χ0) is 17.6. The SMILES string of the molecule is C[C@@H](Sc1ccccc1)C(=O)NCCc1ccc(S(N)(=O)=O)cc1. The van der Waals surface area contributed by atoms with Crippen molar-refractivity contribution in [2.24, 2.45) is 5.14 Å². The quantitative estimate of drug-likeness (QED) is 0.737. The summed E-state index contributed by atoms with van der Waals surface area (Å²) < 4.78 is 22.4. The van der Waals surface area contributed by atoms with Crippen LogP contribution in [-0.2, 0) is 21.2 Å². The molecule has 0 saturated carbocycles. The van der Waals surface area contributed by atoms with Crippen molar-refractivity contribution in [3.8, 4) is 0 Å². The van der Waals surface area contributed by atoms with Crippen molar-refractivity contribution < 1.29 is 13.2 Å². The number of thioether (sulfide) groups is 1. The van der Waals surface area contributed by atoms with Gasteiger partial charge in [0, 0.05) is 11.4 Å². The number of nitrogens with two attached hydrogens (primary N) is 1. The van der Waals surface area contributed by atoms with Crippen molar-refractivity contribution in [2.75, 3.05) is 6.54 Å². The third-order valence-corrected chi connectivity index (χ3v) is 5.43. The van der Waals surface area contributed by atoms with E-state index < -0.39 is 10.0 Å². The minimum atomic E-state index is -3.67. The molecule has 0 aromatic heterocycles. The number of sulfonamides is 1. The standard InChI is InChI=1S/C17H20N2O3S2/c1-13(23-15-5-3-2-4-6-15)17(20)19-12-11-14-7-9-16(10-8-14)24(18,21)22/h2-10,13H,11-12H2,1H3,(H,19,20)(H2,18,21,22)/t13-/m1/s1. The van der Waals surface area contributed by atoms with Gasteiger partial charge in [-0.1, -0.05) is 30.3 Å². The summed E-state index contributed by atoms with van der Waals surface area (Å²) >= 11 is 1.51. The first-order chi connectivity index (χ1) is 11.4. The Morgan fingerprint density at radius 1 is 1.12 bits per heavy atom. The van der Waals surface area contributed by atoms with Crippen LogP contribution in [0.4, 0.5) is 0 Å². The third-order valence-electron chi connectivity index (χ3n) is 3.39. The average Bonchev–Trinajstić information content (AvgIpc) is 2.55. The maximum atomic E-state index is 12.1. The smallest absolute Gasteiger partial charge is 0.238 e. The number of hydrogen-bond donors (Lipinski definition) is 2. The van der Waals surface area contributed by atoms with E-state index in [-0.39, 0.29) is 16.1 Å². The topological polar surface area (TPSA) is 89.3 Å². The first kappa shape index (κ1) is 18.5. The van der Waals surface area contributed by atoms with Crippen LogP contribution in [-0.4, -0.2) is 26.1 Å². The van der Waals surface area contributed by atoms with Gasteiger partial charge in [0.2, 0.25) is 15.9 Å². The molecule has 0 aliphatic rings. The summed E-state index contributed by atoms with van der Waals surface area (Å²) in [6.45, 7) is 2.36. The van der Waals surface area contributed by atoms with Crippen LogP contribution >= 0.6 is 11.8 Å². The monoisotopic (exact) mass is 364 g/mol. The highest BCUT2D eigenvalue weighted by Gasteiger charge is 2.13. The molecule has 1 atom stereocenters. The molecule has 5 nitrogen and oxygen atoms in total. The molecule has 3 N–H and O–H groups in total. The fourth-order valence-corrected chi connectivity index (χ4v) is 3.50. The third kappa shape index (κ3) is 5.67. The van der Waals surface area contributed by atoms with Gasteiger partial charge in [0.15, 0.2) is 0 Å². The highest BCUT2D eigenvalue weighted by molar-refractivity contribution is 8.00. The van der Waals surface area contributed by atoms with Gasteiger partial charge in [0.1, 0.15) is 0 Å². The Morgan fingerprint density at radius 3 is 2.33 bits per heavy atom. The van der Waals surface area contributed by atoms with Crippen LogP contribution in [0.1, 0.15) is 12.5 Å². The lowest BCUT2D eigenvalue weighted by molar-refractivity contribution is -0.120. The number of hydrogen-bond acceptors (Lipinski definition) is 4. The molecule has 0 bridgehead atoms. The summed E-state index contributed by atoms with van der Waals surface area (Å²) in [5.41, 5.74) is 0.936. The molecule has 0 aliphatic carbocycles. The van der Waals surface area contributed by atoms with E-state index in [1.54, 1.807) is 12.1 Å². The Labute approximate surface area is 146 Å². The molecule has 2 aromatic carbocycles. The second-order valence-corrected chi connectivity index (χ2v) is 8.28. The Hall–Kier alpha value is -1.83. The van der Waals surface area contributed by atoms with Crippen LogP contribution in [0, 0.1) is 0 Å². The Kier molecular flexibility index (Phi) is 6.42. The van der Waals surface area contributed by atoms with E-state index in [2.05, 4.69) is 5.32 Å². The minimum Gasteiger partial charge on any atom is -0.355 e. The van der Waals surface area contributed by atoms with E-state index in [9.17, 15) is 13.2 Å². The Morgan fingerprint density at radius 2 is 1.75 bits per heavy atom. The number of amides is 1. The first-order valence-electron chi connectivity index (χ1n) is 7.47. The van der Waals surface area contributed by atoms with Gasteiger partial charge in [-0.3, -0.25) is 4.79 Å². The molecule has 24 heavy (non-hydrogen) atoms. The molecule has 0 aliphatic heterocycles. The van der Waals surface area contributed by atoms with E-state index in [1.807, 2.05) is 37.3 Å². The lowest BCUT2D eigenvalue weighted by Crippen LogP contribution is -2.32. The predicted molar refractivity (Wildman–Crippen MR) is 96.3 cm³/mol. The molecule has 0 unspecified atom stereocenters. The lowest BCUT2D eigenvalue weighted by atomic mass is 10.1. The molecule has 2 aromatic rings. The van der Waals surface area contributed by atoms with Crippen molar-refractivity contribution in [3.63, 3.8) is 0 Å². The van der Waals surface area contributed by atoms with Gasteiger partial charge in [-0.25, -0.2) is 13.6 Å². The molecule has 1 amide bonds. The van der Waals surface area contributed by atoms with Gasteiger partial charge in [0.05, 0.1) is 10.1 Å². The van der Waals surface area contributed by atoms with E-state index in [1.165, 1.54) is 23.9 Å². The number of carbonyl (C=O) groups is 1. The van der Waals surface area contributed by atoms with E-state index in [4.69, 9.17) is 5.14 Å². The largest absolute Gasteiger partial charge is 0.355 e.